The van der Waals surface area contributed by atoms with Crippen molar-refractivity contribution in [1.82, 2.24) is 15.2 Å². The summed E-state index contributed by atoms with van der Waals surface area (Å²) in [4.78, 5) is 8.61. The van der Waals surface area contributed by atoms with Crippen molar-refractivity contribution < 1.29 is 0 Å². The minimum absolute atomic E-state index is 0.756. The molecule has 1 saturated carbocycles. The van der Waals surface area contributed by atoms with Crippen LogP contribution in [0.5, 0.6) is 0 Å². The van der Waals surface area contributed by atoms with Crippen LogP contribution < -0.4 is 5.32 Å². The van der Waals surface area contributed by atoms with Gasteiger partial charge in [-0.15, -0.1) is 11.3 Å². The molecular formula is C16H27N3S. The van der Waals surface area contributed by atoms with E-state index in [1.54, 1.807) is 0 Å². The molecule has 3 nitrogen and oxygen atoms in total. The lowest BCUT2D eigenvalue weighted by Gasteiger charge is -2.17. The van der Waals surface area contributed by atoms with Gasteiger partial charge in [0.2, 0.25) is 0 Å². The maximum Gasteiger partial charge on any atom is 0.107 e. The van der Waals surface area contributed by atoms with E-state index in [0.29, 0.717) is 0 Å². The smallest absolute Gasteiger partial charge is 0.107 e. The lowest BCUT2D eigenvalue weighted by molar-refractivity contribution is 0.276. The number of aromatic nitrogens is 1. The minimum atomic E-state index is 0.756. The third-order valence-electron chi connectivity index (χ3n) is 4.58. The number of nitrogens with zero attached hydrogens (tertiary/aromatic N) is 2. The molecule has 3 rings (SSSR count). The monoisotopic (exact) mass is 293 g/mol. The highest BCUT2D eigenvalue weighted by Gasteiger charge is 2.15. The summed E-state index contributed by atoms with van der Waals surface area (Å²) in [6, 6.07) is 0.756. The summed E-state index contributed by atoms with van der Waals surface area (Å²) in [5, 5.41) is 4.98. The zero-order valence-corrected chi connectivity index (χ0v) is 13.3. The molecule has 1 aromatic rings. The summed E-state index contributed by atoms with van der Waals surface area (Å²) in [6.45, 7) is 4.60. The Morgan fingerprint density at radius 1 is 1.10 bits per heavy atom. The maximum absolute atomic E-state index is 4.62. The van der Waals surface area contributed by atoms with Crippen LogP contribution in [-0.2, 0) is 13.1 Å². The molecule has 0 spiro atoms. The van der Waals surface area contributed by atoms with Crippen LogP contribution in [0.25, 0.3) is 0 Å². The Kier molecular flexibility index (Phi) is 5.45. The lowest BCUT2D eigenvalue weighted by Crippen LogP contribution is -2.24. The summed E-state index contributed by atoms with van der Waals surface area (Å²) < 4.78 is 0. The van der Waals surface area contributed by atoms with E-state index < -0.39 is 0 Å². The quantitative estimate of drug-likeness (QED) is 0.900. The number of likely N-dealkylation sites (tertiary alicyclic amines) is 1. The Hall–Kier alpha value is -0.450. The first-order valence-corrected chi connectivity index (χ1v) is 9.11. The van der Waals surface area contributed by atoms with E-state index in [0.717, 1.165) is 19.1 Å². The molecule has 0 atom stereocenters. The highest BCUT2D eigenvalue weighted by Crippen LogP contribution is 2.20. The lowest BCUT2D eigenvalue weighted by atomic mass is 10.2. The van der Waals surface area contributed by atoms with Crippen LogP contribution in [0.15, 0.2) is 6.20 Å². The largest absolute Gasteiger partial charge is 0.309 e. The van der Waals surface area contributed by atoms with Gasteiger partial charge in [-0.2, -0.15) is 0 Å². The van der Waals surface area contributed by atoms with Gasteiger partial charge in [-0.25, -0.2) is 4.98 Å². The Balaban J connectivity index is 1.45. The van der Waals surface area contributed by atoms with Gasteiger partial charge in [0.25, 0.3) is 0 Å². The van der Waals surface area contributed by atoms with Gasteiger partial charge in [0.05, 0.1) is 6.54 Å². The van der Waals surface area contributed by atoms with Crippen LogP contribution in [0, 0.1) is 0 Å². The first-order chi connectivity index (χ1) is 9.90. The summed E-state index contributed by atoms with van der Waals surface area (Å²) in [7, 11) is 0. The van der Waals surface area contributed by atoms with Crippen LogP contribution in [-0.4, -0.2) is 29.0 Å². The standard InChI is InChI=1S/C16H27N3S/c1-2-6-10-19(9-5-1)13-16-18-12-15(20-16)11-17-14-7-3-4-8-14/h12,14,17H,1-11,13H2. The van der Waals surface area contributed by atoms with Crippen molar-refractivity contribution in [3.8, 4) is 0 Å². The molecule has 0 aromatic carbocycles. The van der Waals surface area contributed by atoms with Gasteiger partial charge < -0.3 is 5.32 Å². The molecule has 1 aliphatic carbocycles. The average molecular weight is 293 g/mol. The second-order valence-electron chi connectivity index (χ2n) is 6.27. The predicted octanol–water partition coefficient (Wildman–Crippen LogP) is 3.55. The summed E-state index contributed by atoms with van der Waals surface area (Å²) in [6.07, 6.45) is 13.2. The Labute approximate surface area is 126 Å². The molecule has 20 heavy (non-hydrogen) atoms. The first-order valence-electron chi connectivity index (χ1n) is 8.29. The first kappa shape index (κ1) is 14.5. The number of hydrogen-bond donors (Lipinski definition) is 1. The van der Waals surface area contributed by atoms with Gasteiger partial charge in [0.15, 0.2) is 0 Å². The van der Waals surface area contributed by atoms with E-state index in [-0.39, 0.29) is 0 Å². The summed E-state index contributed by atoms with van der Waals surface area (Å²) >= 11 is 1.90. The molecular weight excluding hydrogens is 266 g/mol. The van der Waals surface area contributed by atoms with Crippen LogP contribution in [0.2, 0.25) is 0 Å². The van der Waals surface area contributed by atoms with Crippen molar-refractivity contribution in [2.75, 3.05) is 13.1 Å². The number of hydrogen-bond acceptors (Lipinski definition) is 4. The fourth-order valence-electron chi connectivity index (χ4n) is 3.36. The number of rotatable bonds is 5. The fourth-order valence-corrected chi connectivity index (χ4v) is 4.28. The van der Waals surface area contributed by atoms with Crippen LogP contribution in [0.3, 0.4) is 0 Å². The number of nitrogens with one attached hydrogen (secondary N) is 1. The molecule has 0 unspecified atom stereocenters. The molecule has 2 heterocycles. The van der Waals surface area contributed by atoms with E-state index >= 15 is 0 Å². The molecule has 112 valence electrons. The molecule has 1 saturated heterocycles. The summed E-state index contributed by atoms with van der Waals surface area (Å²) in [5.41, 5.74) is 0. The summed E-state index contributed by atoms with van der Waals surface area (Å²) in [5.74, 6) is 0. The zero-order chi connectivity index (χ0) is 13.6. The zero-order valence-electron chi connectivity index (χ0n) is 12.4. The molecule has 1 aliphatic heterocycles. The molecule has 4 heteroatoms. The molecule has 2 fully saturated rings. The molecule has 0 bridgehead atoms. The van der Waals surface area contributed by atoms with Crippen LogP contribution in [0.1, 0.15) is 61.3 Å². The second-order valence-corrected chi connectivity index (χ2v) is 7.47. The topological polar surface area (TPSA) is 28.2 Å². The highest BCUT2D eigenvalue weighted by molar-refractivity contribution is 7.11. The Morgan fingerprint density at radius 3 is 2.60 bits per heavy atom. The number of thiazole rings is 1. The van der Waals surface area contributed by atoms with Gasteiger partial charge in [-0.05, 0) is 38.8 Å². The van der Waals surface area contributed by atoms with Crippen LogP contribution >= 0.6 is 11.3 Å². The van der Waals surface area contributed by atoms with Crippen molar-refractivity contribution in [3.05, 3.63) is 16.1 Å². The Morgan fingerprint density at radius 2 is 1.85 bits per heavy atom. The minimum Gasteiger partial charge on any atom is -0.309 e. The third kappa shape index (κ3) is 4.27. The second kappa shape index (κ2) is 7.53. The Bertz CT molecular complexity index is 390. The van der Waals surface area contributed by atoms with Crippen molar-refractivity contribution in [2.24, 2.45) is 0 Å². The van der Waals surface area contributed by atoms with Crippen molar-refractivity contribution in [3.63, 3.8) is 0 Å². The van der Waals surface area contributed by atoms with Crippen molar-refractivity contribution in [1.29, 1.82) is 0 Å². The van der Waals surface area contributed by atoms with E-state index in [4.69, 9.17) is 0 Å². The normalized spacial score (nSPS) is 22.2. The third-order valence-corrected chi connectivity index (χ3v) is 5.56. The molecule has 1 N–H and O–H groups in total. The molecule has 0 radical (unpaired) electrons. The maximum atomic E-state index is 4.62. The van der Waals surface area contributed by atoms with Crippen LogP contribution in [0.4, 0.5) is 0 Å². The molecule has 1 aromatic heterocycles. The van der Waals surface area contributed by atoms with Gasteiger partial charge in [-0.3, -0.25) is 4.90 Å². The fraction of sp³-hybridized carbons (Fsp3) is 0.812. The highest BCUT2D eigenvalue weighted by atomic mass is 32.1. The van der Waals surface area contributed by atoms with Gasteiger partial charge in [0, 0.05) is 23.7 Å². The van der Waals surface area contributed by atoms with E-state index in [1.165, 1.54) is 74.3 Å². The van der Waals surface area contributed by atoms with E-state index in [9.17, 15) is 0 Å². The molecule has 0 amide bonds. The SMILES string of the molecule is c1nc(CN2CCCCCC2)sc1CNC1CCCC1. The van der Waals surface area contributed by atoms with E-state index in [1.807, 2.05) is 11.3 Å². The predicted molar refractivity (Wildman–Crippen MR) is 85.0 cm³/mol. The molecule has 2 aliphatic rings. The van der Waals surface area contributed by atoms with Gasteiger partial charge in [-0.1, -0.05) is 25.7 Å². The van der Waals surface area contributed by atoms with E-state index in [2.05, 4.69) is 21.4 Å². The van der Waals surface area contributed by atoms with Gasteiger partial charge in [0.1, 0.15) is 5.01 Å². The van der Waals surface area contributed by atoms with Crippen molar-refractivity contribution in [2.45, 2.75) is 70.5 Å². The average Bonchev–Trinajstić information content (AvgIpc) is 3.05. The van der Waals surface area contributed by atoms with Crippen molar-refractivity contribution >= 4 is 11.3 Å². The van der Waals surface area contributed by atoms with Gasteiger partial charge >= 0.3 is 0 Å².